The van der Waals surface area contributed by atoms with Gasteiger partial charge in [-0.05, 0) is 26.3 Å². The number of carbonyl (C=O) groups is 5. The number of imide groups is 1. The lowest BCUT2D eigenvalue weighted by Gasteiger charge is -2.39. The molecule has 1 aliphatic heterocycles. The lowest BCUT2D eigenvalue weighted by Crippen LogP contribution is -2.56. The number of carbonyl (C=O) groups excluding carboxylic acids is 4. The van der Waals surface area contributed by atoms with Crippen LogP contribution in [0.25, 0.3) is 0 Å². The smallest absolute Gasteiger partial charge is 0.411 e. The highest BCUT2D eigenvalue weighted by Crippen LogP contribution is 2.23. The first kappa shape index (κ1) is 22.9. The topological polar surface area (TPSA) is 139 Å². The first-order valence-electron chi connectivity index (χ1n) is 9.25. The number of esters is 1. The summed E-state index contributed by atoms with van der Waals surface area (Å²) in [5.74, 6) is -3.87. The largest absolute Gasteiger partial charge is 0.481 e. The number of nitrogens with zero attached hydrogens (tertiary/aromatic N) is 1. The van der Waals surface area contributed by atoms with Crippen LogP contribution in [0, 0.1) is 0 Å². The van der Waals surface area contributed by atoms with Gasteiger partial charge in [0.2, 0.25) is 5.91 Å². The molecule has 3 amide bonds. The molecule has 10 nitrogen and oxygen atoms in total. The fourth-order valence-electron chi connectivity index (χ4n) is 2.95. The van der Waals surface area contributed by atoms with Crippen LogP contribution >= 0.6 is 0 Å². The van der Waals surface area contributed by atoms with Crippen molar-refractivity contribution in [2.45, 2.75) is 57.9 Å². The molecule has 0 aromatic heterocycles. The quantitative estimate of drug-likeness (QED) is 0.496. The Kier molecular flexibility index (Phi) is 7.14. The number of aliphatic carboxylic acids is 1. The molecule has 2 rings (SSSR count). The Labute approximate surface area is 173 Å². The second-order valence-corrected chi connectivity index (χ2v) is 7.74. The molecule has 0 aliphatic carbocycles. The van der Waals surface area contributed by atoms with Gasteiger partial charge in [-0.15, -0.1) is 0 Å². The molecular formula is C20H24N2O8. The van der Waals surface area contributed by atoms with Gasteiger partial charge in [-0.2, -0.15) is 0 Å². The minimum absolute atomic E-state index is 0.0827. The van der Waals surface area contributed by atoms with Gasteiger partial charge in [-0.3, -0.25) is 24.6 Å². The Morgan fingerprint density at radius 2 is 1.83 bits per heavy atom. The van der Waals surface area contributed by atoms with E-state index in [-0.39, 0.29) is 13.0 Å². The van der Waals surface area contributed by atoms with Gasteiger partial charge >= 0.3 is 18.0 Å². The van der Waals surface area contributed by atoms with E-state index >= 15 is 0 Å². The van der Waals surface area contributed by atoms with Crippen LogP contribution in [0.3, 0.4) is 0 Å². The van der Waals surface area contributed by atoms with Crippen LogP contribution < -0.4 is 5.32 Å². The van der Waals surface area contributed by atoms with E-state index in [4.69, 9.17) is 9.47 Å². The molecular weight excluding hydrogens is 396 g/mol. The molecule has 0 unspecified atom stereocenters. The summed E-state index contributed by atoms with van der Waals surface area (Å²) in [6, 6.07) is 7.26. The summed E-state index contributed by atoms with van der Waals surface area (Å²) in [5, 5.41) is 11.3. The predicted octanol–water partition coefficient (Wildman–Crippen LogP) is 1.23. The Morgan fingerprint density at radius 1 is 1.20 bits per heavy atom. The molecule has 1 aliphatic rings. The number of rotatable bonds is 7. The molecule has 0 bridgehead atoms. The number of carboxylic acids is 1. The second kappa shape index (κ2) is 9.38. The van der Waals surface area contributed by atoms with Crippen molar-refractivity contribution < 1.29 is 38.6 Å². The summed E-state index contributed by atoms with van der Waals surface area (Å²) < 4.78 is 10.4. The predicted molar refractivity (Wildman–Crippen MR) is 102 cm³/mol. The summed E-state index contributed by atoms with van der Waals surface area (Å²) in [6.07, 6.45) is -3.41. The highest BCUT2D eigenvalue weighted by molar-refractivity contribution is 6.05. The lowest BCUT2D eigenvalue weighted by molar-refractivity contribution is -0.163. The van der Waals surface area contributed by atoms with Crippen molar-refractivity contribution in [1.29, 1.82) is 0 Å². The molecule has 1 heterocycles. The van der Waals surface area contributed by atoms with Crippen molar-refractivity contribution in [3.8, 4) is 0 Å². The zero-order chi connectivity index (χ0) is 22.5. The molecule has 1 aromatic rings. The fraction of sp³-hybridized carbons (Fsp3) is 0.450. The van der Waals surface area contributed by atoms with Gasteiger partial charge in [-0.25, -0.2) is 9.59 Å². The third-order valence-corrected chi connectivity index (χ3v) is 4.26. The number of hydrogen-bond acceptors (Lipinski definition) is 7. The van der Waals surface area contributed by atoms with E-state index in [1.54, 1.807) is 51.1 Å². The summed E-state index contributed by atoms with van der Waals surface area (Å²) in [7, 11) is 0. The second-order valence-electron chi connectivity index (χ2n) is 7.74. The molecule has 1 saturated heterocycles. The normalized spacial score (nSPS) is 17.1. The average molecular weight is 420 g/mol. The lowest BCUT2D eigenvalue weighted by atomic mass is 10.0. The molecule has 162 valence electrons. The molecule has 0 spiro atoms. The Hall–Kier alpha value is -3.43. The summed E-state index contributed by atoms with van der Waals surface area (Å²) in [6.45, 7) is 4.72. The van der Waals surface area contributed by atoms with E-state index in [1.807, 2.05) is 5.32 Å². The number of carboxylic acid groups (broad SMARTS) is 1. The van der Waals surface area contributed by atoms with Gasteiger partial charge in [0.1, 0.15) is 12.6 Å². The number of benzene rings is 1. The Bertz CT molecular complexity index is 831. The SMILES string of the molecule is CC(C)(C)N(C(=O)OCc1ccccc1)[C@@H](CC(=O)O)C(=O)O[C@H]1CC(=O)NC1=O. The molecule has 0 radical (unpaired) electrons. The van der Waals surface area contributed by atoms with E-state index < -0.39 is 54.0 Å². The third-order valence-electron chi connectivity index (χ3n) is 4.26. The van der Waals surface area contributed by atoms with Crippen molar-refractivity contribution >= 4 is 29.8 Å². The molecule has 10 heteroatoms. The van der Waals surface area contributed by atoms with Crippen molar-refractivity contribution in [2.24, 2.45) is 0 Å². The Balaban J connectivity index is 2.22. The minimum Gasteiger partial charge on any atom is -0.481 e. The van der Waals surface area contributed by atoms with Gasteiger partial charge in [-0.1, -0.05) is 30.3 Å². The maximum atomic E-state index is 12.8. The zero-order valence-electron chi connectivity index (χ0n) is 16.9. The Morgan fingerprint density at radius 3 is 2.33 bits per heavy atom. The molecule has 2 N–H and O–H groups in total. The van der Waals surface area contributed by atoms with E-state index in [9.17, 15) is 29.1 Å². The number of amides is 3. The maximum absolute atomic E-state index is 12.8. The van der Waals surface area contributed by atoms with Crippen LogP contribution in [-0.4, -0.2) is 57.5 Å². The van der Waals surface area contributed by atoms with E-state index in [0.29, 0.717) is 5.56 Å². The number of nitrogens with one attached hydrogen (secondary N) is 1. The van der Waals surface area contributed by atoms with Crippen LogP contribution in [0.2, 0.25) is 0 Å². The van der Waals surface area contributed by atoms with Crippen LogP contribution in [0.15, 0.2) is 30.3 Å². The van der Waals surface area contributed by atoms with Gasteiger partial charge in [0, 0.05) is 5.54 Å². The highest BCUT2D eigenvalue weighted by Gasteiger charge is 2.43. The highest BCUT2D eigenvalue weighted by atomic mass is 16.6. The van der Waals surface area contributed by atoms with Gasteiger partial charge in [0.15, 0.2) is 6.10 Å². The number of hydrogen-bond donors (Lipinski definition) is 2. The first-order valence-corrected chi connectivity index (χ1v) is 9.25. The summed E-state index contributed by atoms with van der Waals surface area (Å²) in [5.41, 5.74) is -0.307. The van der Waals surface area contributed by atoms with Gasteiger partial charge in [0.25, 0.3) is 5.91 Å². The van der Waals surface area contributed by atoms with Crippen LogP contribution in [0.1, 0.15) is 39.2 Å². The van der Waals surface area contributed by atoms with Crippen molar-refractivity contribution in [3.63, 3.8) is 0 Å². The molecule has 30 heavy (non-hydrogen) atoms. The van der Waals surface area contributed by atoms with Gasteiger partial charge in [0.05, 0.1) is 12.8 Å². The van der Waals surface area contributed by atoms with Crippen molar-refractivity contribution in [3.05, 3.63) is 35.9 Å². The standard InChI is InChI=1S/C20H24N2O8/c1-20(2,3)22(19(28)29-11-12-7-5-4-6-8-12)13(9-16(24)25)18(27)30-14-10-15(23)21-17(14)26/h4-8,13-14H,9-11H2,1-3H3,(H,24,25)(H,21,23,26)/t13-,14-/m0/s1. The van der Waals surface area contributed by atoms with E-state index in [2.05, 4.69) is 0 Å². The molecule has 1 aromatic carbocycles. The maximum Gasteiger partial charge on any atom is 0.411 e. The van der Waals surface area contributed by atoms with Crippen LogP contribution in [0.4, 0.5) is 4.79 Å². The summed E-state index contributed by atoms with van der Waals surface area (Å²) in [4.78, 5) is 60.9. The molecule has 2 atom stereocenters. The van der Waals surface area contributed by atoms with Crippen LogP contribution in [-0.2, 0) is 35.3 Å². The third kappa shape index (κ3) is 6.03. The van der Waals surface area contributed by atoms with Gasteiger partial charge < -0.3 is 14.6 Å². The first-order chi connectivity index (χ1) is 14.0. The molecule has 0 saturated carbocycles. The summed E-state index contributed by atoms with van der Waals surface area (Å²) >= 11 is 0. The number of ether oxygens (including phenoxy) is 2. The van der Waals surface area contributed by atoms with E-state index in [0.717, 1.165) is 4.90 Å². The minimum atomic E-state index is -1.56. The monoisotopic (exact) mass is 420 g/mol. The van der Waals surface area contributed by atoms with Crippen molar-refractivity contribution in [1.82, 2.24) is 10.2 Å². The molecule has 1 fully saturated rings. The zero-order valence-corrected chi connectivity index (χ0v) is 16.9. The van der Waals surface area contributed by atoms with E-state index in [1.165, 1.54) is 0 Å². The fourth-order valence-corrected chi connectivity index (χ4v) is 2.95. The van der Waals surface area contributed by atoms with Crippen LogP contribution in [0.5, 0.6) is 0 Å². The van der Waals surface area contributed by atoms with Crippen molar-refractivity contribution in [2.75, 3.05) is 0 Å². The average Bonchev–Trinajstić information content (AvgIpc) is 2.95.